The summed E-state index contributed by atoms with van der Waals surface area (Å²) in [5.74, 6) is -1.05. The third-order valence-corrected chi connectivity index (χ3v) is 4.59. The zero-order chi connectivity index (χ0) is 19.2. The number of carbonyl (C=O) groups excluding carboxylic acids is 1. The molecular formula is C21H20N2O4. The highest BCUT2D eigenvalue weighted by Gasteiger charge is 2.16. The molecule has 6 nitrogen and oxygen atoms in total. The van der Waals surface area contributed by atoms with Gasteiger partial charge in [0.2, 0.25) is 0 Å². The van der Waals surface area contributed by atoms with E-state index >= 15 is 0 Å². The first-order valence-corrected chi connectivity index (χ1v) is 8.67. The van der Waals surface area contributed by atoms with Crippen LogP contribution in [0.5, 0.6) is 0 Å². The van der Waals surface area contributed by atoms with Gasteiger partial charge in [0.25, 0.3) is 0 Å². The Kier molecular flexibility index (Phi) is 5.76. The van der Waals surface area contributed by atoms with Gasteiger partial charge in [0.05, 0.1) is 7.11 Å². The number of ether oxygens (including phenoxy) is 1. The van der Waals surface area contributed by atoms with Gasteiger partial charge < -0.3 is 9.84 Å². The summed E-state index contributed by atoms with van der Waals surface area (Å²) in [6.07, 6.45) is 13.7. The molecule has 2 aromatic heterocycles. The first kappa shape index (κ1) is 18.5. The molecule has 0 spiro atoms. The third kappa shape index (κ3) is 4.47. The van der Waals surface area contributed by atoms with E-state index in [0.717, 1.165) is 41.5 Å². The summed E-state index contributed by atoms with van der Waals surface area (Å²) in [6, 6.07) is 3.76. The Morgan fingerprint density at radius 1 is 0.889 bits per heavy atom. The molecule has 0 saturated heterocycles. The van der Waals surface area contributed by atoms with E-state index in [1.807, 2.05) is 24.4 Å². The molecule has 2 aliphatic carbocycles. The van der Waals surface area contributed by atoms with Crippen LogP contribution in [0.1, 0.15) is 35.1 Å². The van der Waals surface area contributed by atoms with Crippen LogP contribution in [0.2, 0.25) is 0 Å². The van der Waals surface area contributed by atoms with Crippen LogP contribution >= 0.6 is 0 Å². The predicted molar refractivity (Wildman–Crippen MR) is 101 cm³/mol. The van der Waals surface area contributed by atoms with Crippen molar-refractivity contribution < 1.29 is 19.4 Å². The topological polar surface area (TPSA) is 89.4 Å². The summed E-state index contributed by atoms with van der Waals surface area (Å²) in [5.41, 5.74) is 5.61. The molecule has 2 aliphatic rings. The monoisotopic (exact) mass is 364 g/mol. The average molecular weight is 364 g/mol. The lowest BCUT2D eigenvalue weighted by Gasteiger charge is -2.13. The second kappa shape index (κ2) is 8.40. The summed E-state index contributed by atoms with van der Waals surface area (Å²) >= 11 is 0. The number of fused-ring (bicyclic) bond motifs is 2. The maximum Gasteiger partial charge on any atom is 0.333 e. The van der Waals surface area contributed by atoms with E-state index in [1.165, 1.54) is 12.7 Å². The molecule has 0 fully saturated rings. The van der Waals surface area contributed by atoms with Crippen molar-refractivity contribution in [1.29, 1.82) is 0 Å². The van der Waals surface area contributed by atoms with Crippen LogP contribution in [0.3, 0.4) is 0 Å². The molecule has 0 saturated carbocycles. The number of carboxylic acid groups (broad SMARTS) is 1. The van der Waals surface area contributed by atoms with Crippen LogP contribution < -0.4 is 0 Å². The Hall–Kier alpha value is -3.28. The number of aryl methyl sites for hydroxylation is 2. The Morgan fingerprint density at radius 3 is 1.93 bits per heavy atom. The maximum atomic E-state index is 11.3. The van der Waals surface area contributed by atoms with E-state index < -0.39 is 5.97 Å². The van der Waals surface area contributed by atoms with Crippen molar-refractivity contribution in [1.82, 2.24) is 9.97 Å². The molecule has 2 heterocycles. The molecule has 1 N–H and O–H groups in total. The molecule has 27 heavy (non-hydrogen) atoms. The van der Waals surface area contributed by atoms with Crippen molar-refractivity contribution >= 4 is 24.1 Å². The van der Waals surface area contributed by atoms with Gasteiger partial charge in [-0.1, -0.05) is 0 Å². The number of aromatic nitrogens is 2. The zero-order valence-corrected chi connectivity index (χ0v) is 15.0. The van der Waals surface area contributed by atoms with Crippen molar-refractivity contribution in [2.45, 2.75) is 25.7 Å². The molecular weight excluding hydrogens is 344 g/mol. The summed E-state index contributed by atoms with van der Waals surface area (Å²) in [7, 11) is 1.41. The highest BCUT2D eigenvalue weighted by Crippen LogP contribution is 2.24. The van der Waals surface area contributed by atoms with Gasteiger partial charge in [0, 0.05) is 35.9 Å². The Balaban J connectivity index is 0.000000156. The second-order valence-corrected chi connectivity index (χ2v) is 6.28. The molecule has 0 unspecified atom stereocenters. The van der Waals surface area contributed by atoms with Gasteiger partial charge in [-0.2, -0.15) is 0 Å². The minimum absolute atomic E-state index is 0.229. The van der Waals surface area contributed by atoms with Gasteiger partial charge in [-0.25, -0.2) is 9.59 Å². The fourth-order valence-electron chi connectivity index (χ4n) is 3.09. The summed E-state index contributed by atoms with van der Waals surface area (Å²) in [5, 5.41) is 8.78. The van der Waals surface area contributed by atoms with Gasteiger partial charge >= 0.3 is 11.9 Å². The standard InChI is InChI=1S/C11H11NO2.C10H9NO2/c1-14-11(13)9-2-3-10-7-12-5-4-8(10)6-9;12-10(13)8-1-2-9-6-11-4-3-7(9)5-8/h4-7H,2-3H2,1H3;3-6H,1-2H2,(H,12,13). The lowest BCUT2D eigenvalue weighted by molar-refractivity contribution is -0.136. The lowest BCUT2D eigenvalue weighted by Crippen LogP contribution is -2.09. The summed E-state index contributed by atoms with van der Waals surface area (Å²) in [6.45, 7) is 0. The number of carbonyl (C=O) groups is 2. The van der Waals surface area contributed by atoms with E-state index in [1.54, 1.807) is 24.7 Å². The first-order valence-electron chi connectivity index (χ1n) is 8.67. The number of hydrogen-bond acceptors (Lipinski definition) is 5. The molecule has 0 aliphatic heterocycles. The number of esters is 1. The Labute approximate surface area is 157 Å². The average Bonchev–Trinajstić information content (AvgIpc) is 2.72. The quantitative estimate of drug-likeness (QED) is 0.824. The Morgan fingerprint density at radius 2 is 1.41 bits per heavy atom. The normalized spacial score (nSPS) is 14.4. The van der Waals surface area contributed by atoms with Crippen LogP contribution in [0.15, 0.2) is 48.1 Å². The zero-order valence-electron chi connectivity index (χ0n) is 15.0. The minimum atomic E-state index is -0.817. The number of nitrogens with zero attached hydrogens (tertiary/aromatic N) is 2. The predicted octanol–water partition coefficient (Wildman–Crippen LogP) is 3.08. The fourth-order valence-corrected chi connectivity index (χ4v) is 3.09. The van der Waals surface area contributed by atoms with E-state index in [9.17, 15) is 9.59 Å². The highest BCUT2D eigenvalue weighted by molar-refractivity contribution is 5.94. The highest BCUT2D eigenvalue weighted by atomic mass is 16.5. The maximum absolute atomic E-state index is 11.3. The van der Waals surface area contributed by atoms with Crippen LogP contribution in [-0.2, 0) is 27.2 Å². The summed E-state index contributed by atoms with van der Waals surface area (Å²) in [4.78, 5) is 30.0. The molecule has 0 amide bonds. The molecule has 0 atom stereocenters. The lowest BCUT2D eigenvalue weighted by atomic mass is 9.94. The molecule has 0 radical (unpaired) electrons. The number of hydrogen-bond donors (Lipinski definition) is 1. The molecule has 0 bridgehead atoms. The molecule has 4 rings (SSSR count). The summed E-state index contributed by atoms with van der Waals surface area (Å²) < 4.78 is 4.68. The van der Waals surface area contributed by atoms with Gasteiger partial charge in [-0.05, 0) is 72.2 Å². The number of aliphatic carboxylic acids is 1. The third-order valence-electron chi connectivity index (χ3n) is 4.59. The van der Waals surface area contributed by atoms with Crippen molar-refractivity contribution in [2.24, 2.45) is 0 Å². The largest absolute Gasteiger partial charge is 0.478 e. The van der Waals surface area contributed by atoms with Gasteiger partial charge in [-0.3, -0.25) is 9.97 Å². The molecule has 138 valence electrons. The number of carboxylic acids is 1. The smallest absolute Gasteiger partial charge is 0.333 e. The van der Waals surface area contributed by atoms with Gasteiger partial charge in [0.1, 0.15) is 0 Å². The molecule has 0 aromatic carbocycles. The van der Waals surface area contributed by atoms with Crippen LogP contribution in [-0.4, -0.2) is 34.1 Å². The van der Waals surface area contributed by atoms with E-state index in [-0.39, 0.29) is 5.97 Å². The molecule has 6 heteroatoms. The van der Waals surface area contributed by atoms with Crippen LogP contribution in [0.25, 0.3) is 12.2 Å². The Bertz CT molecular complexity index is 931. The minimum Gasteiger partial charge on any atom is -0.478 e. The molecule has 2 aromatic rings. The fraction of sp³-hybridized carbons (Fsp3) is 0.238. The van der Waals surface area contributed by atoms with E-state index in [0.29, 0.717) is 12.0 Å². The first-order chi connectivity index (χ1) is 13.1. The van der Waals surface area contributed by atoms with Gasteiger partial charge in [-0.15, -0.1) is 0 Å². The van der Waals surface area contributed by atoms with Gasteiger partial charge in [0.15, 0.2) is 0 Å². The van der Waals surface area contributed by atoms with Crippen molar-refractivity contribution in [3.8, 4) is 0 Å². The van der Waals surface area contributed by atoms with Crippen molar-refractivity contribution in [2.75, 3.05) is 7.11 Å². The van der Waals surface area contributed by atoms with Crippen LogP contribution in [0.4, 0.5) is 0 Å². The second-order valence-electron chi connectivity index (χ2n) is 6.28. The van der Waals surface area contributed by atoms with Crippen LogP contribution in [0, 0.1) is 0 Å². The van der Waals surface area contributed by atoms with E-state index in [2.05, 4.69) is 14.7 Å². The number of pyridine rings is 2. The van der Waals surface area contributed by atoms with E-state index in [4.69, 9.17) is 5.11 Å². The number of rotatable bonds is 2. The van der Waals surface area contributed by atoms with Crippen molar-refractivity contribution in [3.05, 3.63) is 70.3 Å². The number of methoxy groups -OCH3 is 1. The van der Waals surface area contributed by atoms with Crippen molar-refractivity contribution in [3.63, 3.8) is 0 Å². The SMILES string of the molecule is COC(=O)C1=Cc2ccncc2CC1.O=C(O)C1=Cc2ccncc2CC1.